The molecule has 0 radical (unpaired) electrons. The molecule has 1 N–H and O–H groups in total. The van der Waals surface area contributed by atoms with E-state index in [-0.39, 0.29) is 12.5 Å². The minimum atomic E-state index is -0.573. The fourth-order valence-corrected chi connectivity index (χ4v) is 2.26. The molecule has 0 aliphatic heterocycles. The Morgan fingerprint density at radius 3 is 2.54 bits per heavy atom. The van der Waals surface area contributed by atoms with Crippen LogP contribution < -0.4 is 10.1 Å². The third kappa shape index (κ3) is 6.43. The topological polar surface area (TPSA) is 64.6 Å². The fraction of sp³-hybridized carbons (Fsp3) is 0.238. The van der Waals surface area contributed by atoms with E-state index in [0.717, 1.165) is 23.3 Å². The van der Waals surface area contributed by atoms with Crippen molar-refractivity contribution in [2.75, 3.05) is 18.5 Å². The van der Waals surface area contributed by atoms with Gasteiger partial charge in [-0.05, 0) is 54.8 Å². The van der Waals surface area contributed by atoms with E-state index >= 15 is 0 Å². The van der Waals surface area contributed by atoms with Crippen LogP contribution >= 0.6 is 0 Å². The Hall–Kier alpha value is -3.08. The van der Waals surface area contributed by atoms with Crippen LogP contribution in [0.3, 0.4) is 0 Å². The van der Waals surface area contributed by atoms with Crippen molar-refractivity contribution in [2.45, 2.75) is 20.3 Å². The van der Waals surface area contributed by atoms with Gasteiger partial charge in [0, 0.05) is 11.8 Å². The summed E-state index contributed by atoms with van der Waals surface area (Å²) < 4.78 is 10.3. The maximum Gasteiger partial charge on any atom is 0.331 e. The fourth-order valence-electron chi connectivity index (χ4n) is 2.26. The van der Waals surface area contributed by atoms with Gasteiger partial charge in [-0.1, -0.05) is 31.2 Å². The molecule has 0 fully saturated rings. The first-order chi connectivity index (χ1) is 12.6. The first-order valence-electron chi connectivity index (χ1n) is 8.57. The second kappa shape index (κ2) is 10.0. The molecule has 0 spiro atoms. The Balaban J connectivity index is 1.79. The Morgan fingerprint density at radius 1 is 1.08 bits per heavy atom. The van der Waals surface area contributed by atoms with E-state index in [9.17, 15) is 9.59 Å². The van der Waals surface area contributed by atoms with E-state index in [4.69, 9.17) is 9.47 Å². The molecule has 2 rings (SSSR count). The van der Waals surface area contributed by atoms with E-state index in [1.54, 1.807) is 12.1 Å². The molecule has 0 aliphatic carbocycles. The molecule has 2 aromatic rings. The molecule has 0 saturated heterocycles. The summed E-state index contributed by atoms with van der Waals surface area (Å²) in [5.74, 6) is -0.173. The van der Waals surface area contributed by atoms with Crippen molar-refractivity contribution in [1.82, 2.24) is 0 Å². The SMILES string of the molecule is CCOc1ccc(/C=C/C(=O)OCC(=O)Nc2cccc(CC)c2)cc1. The summed E-state index contributed by atoms with van der Waals surface area (Å²) in [4.78, 5) is 23.6. The van der Waals surface area contributed by atoms with Crippen molar-refractivity contribution in [2.24, 2.45) is 0 Å². The van der Waals surface area contributed by atoms with Gasteiger partial charge in [0.2, 0.25) is 0 Å². The highest BCUT2D eigenvalue weighted by atomic mass is 16.5. The second-order valence-corrected chi connectivity index (χ2v) is 5.55. The largest absolute Gasteiger partial charge is 0.494 e. The second-order valence-electron chi connectivity index (χ2n) is 5.55. The number of anilines is 1. The van der Waals surface area contributed by atoms with Gasteiger partial charge in [0.15, 0.2) is 6.61 Å². The summed E-state index contributed by atoms with van der Waals surface area (Å²) in [6, 6.07) is 14.9. The highest BCUT2D eigenvalue weighted by molar-refractivity contribution is 5.94. The predicted octanol–water partition coefficient (Wildman–Crippen LogP) is 3.84. The molecule has 0 saturated carbocycles. The minimum absolute atomic E-state index is 0.331. The Kier molecular flexibility index (Phi) is 7.43. The van der Waals surface area contributed by atoms with Crippen LogP contribution in [0.1, 0.15) is 25.0 Å². The van der Waals surface area contributed by atoms with Gasteiger partial charge >= 0.3 is 5.97 Å². The number of esters is 1. The molecule has 0 heterocycles. The van der Waals surface area contributed by atoms with Crippen LogP contribution in [0.5, 0.6) is 5.75 Å². The molecule has 0 unspecified atom stereocenters. The normalized spacial score (nSPS) is 10.5. The molecular formula is C21H23NO4. The van der Waals surface area contributed by atoms with Gasteiger partial charge in [-0.25, -0.2) is 4.79 Å². The monoisotopic (exact) mass is 353 g/mol. The van der Waals surface area contributed by atoms with Crippen molar-refractivity contribution in [1.29, 1.82) is 0 Å². The first kappa shape index (κ1) is 19.2. The van der Waals surface area contributed by atoms with Crippen LogP contribution in [0, 0.1) is 0 Å². The van der Waals surface area contributed by atoms with Crippen LogP contribution in [-0.4, -0.2) is 25.1 Å². The van der Waals surface area contributed by atoms with Gasteiger partial charge < -0.3 is 14.8 Å². The van der Waals surface area contributed by atoms with Crippen molar-refractivity contribution in [3.05, 3.63) is 65.7 Å². The Bertz CT molecular complexity index is 766. The zero-order valence-electron chi connectivity index (χ0n) is 15.0. The lowest BCUT2D eigenvalue weighted by molar-refractivity contribution is -0.142. The summed E-state index contributed by atoms with van der Waals surface area (Å²) in [5, 5.41) is 2.71. The van der Waals surface area contributed by atoms with Crippen LogP contribution in [-0.2, 0) is 20.7 Å². The number of carbonyl (C=O) groups is 2. The molecule has 0 bridgehead atoms. The Labute approximate surface area is 153 Å². The van der Waals surface area contributed by atoms with Crippen LogP contribution in [0.2, 0.25) is 0 Å². The molecule has 26 heavy (non-hydrogen) atoms. The maximum atomic E-state index is 11.9. The van der Waals surface area contributed by atoms with E-state index in [1.165, 1.54) is 6.08 Å². The predicted molar refractivity (Wildman–Crippen MR) is 102 cm³/mol. The summed E-state index contributed by atoms with van der Waals surface area (Å²) in [6.07, 6.45) is 3.80. The highest BCUT2D eigenvalue weighted by Gasteiger charge is 2.06. The molecule has 0 atom stereocenters. The Morgan fingerprint density at radius 2 is 1.85 bits per heavy atom. The van der Waals surface area contributed by atoms with E-state index in [1.807, 2.05) is 56.3 Å². The van der Waals surface area contributed by atoms with Crippen LogP contribution in [0.4, 0.5) is 5.69 Å². The lowest BCUT2D eigenvalue weighted by Gasteiger charge is -2.06. The quantitative estimate of drug-likeness (QED) is 0.578. The molecule has 5 heteroatoms. The van der Waals surface area contributed by atoms with Gasteiger partial charge in [0.1, 0.15) is 5.75 Å². The van der Waals surface area contributed by atoms with Crippen molar-refractivity contribution in [3.63, 3.8) is 0 Å². The summed E-state index contributed by atoms with van der Waals surface area (Å²) in [6.45, 7) is 4.23. The molecule has 2 aromatic carbocycles. The maximum absolute atomic E-state index is 11.9. The van der Waals surface area contributed by atoms with E-state index in [2.05, 4.69) is 5.32 Å². The van der Waals surface area contributed by atoms with Gasteiger partial charge in [0.25, 0.3) is 5.91 Å². The molecular weight excluding hydrogens is 330 g/mol. The number of benzene rings is 2. The first-order valence-corrected chi connectivity index (χ1v) is 8.57. The van der Waals surface area contributed by atoms with E-state index in [0.29, 0.717) is 12.3 Å². The number of ether oxygens (including phenoxy) is 2. The molecule has 136 valence electrons. The minimum Gasteiger partial charge on any atom is -0.494 e. The molecule has 1 amide bonds. The van der Waals surface area contributed by atoms with Crippen molar-refractivity contribution < 1.29 is 19.1 Å². The zero-order chi connectivity index (χ0) is 18.8. The number of nitrogens with one attached hydrogen (secondary N) is 1. The average molecular weight is 353 g/mol. The summed E-state index contributed by atoms with van der Waals surface area (Å²) >= 11 is 0. The van der Waals surface area contributed by atoms with Crippen LogP contribution in [0.15, 0.2) is 54.6 Å². The number of hydrogen-bond donors (Lipinski definition) is 1. The molecule has 0 aromatic heterocycles. The summed E-state index contributed by atoms with van der Waals surface area (Å²) in [7, 11) is 0. The third-order valence-corrected chi connectivity index (χ3v) is 3.57. The smallest absolute Gasteiger partial charge is 0.331 e. The number of amides is 1. The van der Waals surface area contributed by atoms with Crippen molar-refractivity contribution >= 4 is 23.6 Å². The van der Waals surface area contributed by atoms with Crippen LogP contribution in [0.25, 0.3) is 6.08 Å². The van der Waals surface area contributed by atoms with Gasteiger partial charge in [-0.3, -0.25) is 4.79 Å². The molecule has 5 nitrogen and oxygen atoms in total. The van der Waals surface area contributed by atoms with Gasteiger partial charge in [-0.15, -0.1) is 0 Å². The lowest BCUT2D eigenvalue weighted by atomic mass is 10.1. The standard InChI is InChI=1S/C21H23NO4/c1-3-16-6-5-7-18(14-16)22-20(23)15-26-21(24)13-10-17-8-11-19(12-9-17)25-4-2/h5-14H,3-4,15H2,1-2H3,(H,22,23)/b13-10+. The zero-order valence-corrected chi connectivity index (χ0v) is 15.0. The third-order valence-electron chi connectivity index (χ3n) is 3.57. The van der Waals surface area contributed by atoms with Crippen molar-refractivity contribution in [3.8, 4) is 5.75 Å². The van der Waals surface area contributed by atoms with Gasteiger partial charge in [0.05, 0.1) is 6.61 Å². The number of hydrogen-bond acceptors (Lipinski definition) is 4. The lowest BCUT2D eigenvalue weighted by Crippen LogP contribution is -2.20. The highest BCUT2D eigenvalue weighted by Crippen LogP contribution is 2.13. The van der Waals surface area contributed by atoms with Gasteiger partial charge in [-0.2, -0.15) is 0 Å². The molecule has 0 aliphatic rings. The number of rotatable bonds is 8. The summed E-state index contributed by atoms with van der Waals surface area (Å²) in [5.41, 5.74) is 2.65. The van der Waals surface area contributed by atoms with E-state index < -0.39 is 5.97 Å². The number of carbonyl (C=O) groups excluding carboxylic acids is 2. The number of aryl methyl sites for hydroxylation is 1. The average Bonchev–Trinajstić information content (AvgIpc) is 2.66.